The summed E-state index contributed by atoms with van der Waals surface area (Å²) in [5, 5.41) is 11.0. The average molecular weight is 383 g/mol. The number of aromatic nitrogens is 1. The average Bonchev–Trinajstić information content (AvgIpc) is 2.94. The maximum Gasteiger partial charge on any atom is 0.220 e. The topological polar surface area (TPSA) is 57.9 Å². The van der Waals surface area contributed by atoms with E-state index in [1.54, 1.807) is 18.6 Å². The number of para-hydroxylation sites is 1. The molecule has 1 aromatic heterocycles. The summed E-state index contributed by atoms with van der Waals surface area (Å²) in [6, 6.07) is 7.75. The van der Waals surface area contributed by atoms with Crippen molar-refractivity contribution in [2.24, 2.45) is 7.05 Å². The number of carbonyl (C=O) groups excluding carboxylic acids is 1. The van der Waals surface area contributed by atoms with Crippen molar-refractivity contribution >= 4 is 11.6 Å². The molecule has 1 aromatic carbocycles. The molecule has 2 heterocycles. The van der Waals surface area contributed by atoms with Crippen LogP contribution in [0.1, 0.15) is 49.8 Å². The number of likely N-dealkylation sites (N-methyl/N-ethyl adjacent to an activating group) is 1. The van der Waals surface area contributed by atoms with Crippen molar-refractivity contribution in [2.45, 2.75) is 50.7 Å². The van der Waals surface area contributed by atoms with Gasteiger partial charge in [-0.3, -0.25) is 4.79 Å². The number of amides is 1. The summed E-state index contributed by atoms with van der Waals surface area (Å²) in [6.07, 6.45) is 6.25. The normalized spacial score (nSPS) is 24.4. The van der Waals surface area contributed by atoms with Crippen molar-refractivity contribution in [3.05, 3.63) is 41.6 Å². The van der Waals surface area contributed by atoms with Crippen LogP contribution < -0.4 is 9.64 Å². The molecular weight excluding hydrogens is 354 g/mol. The van der Waals surface area contributed by atoms with E-state index in [1.807, 2.05) is 42.4 Å². The van der Waals surface area contributed by atoms with Crippen LogP contribution in [0.5, 0.6) is 11.6 Å². The van der Waals surface area contributed by atoms with Gasteiger partial charge >= 0.3 is 0 Å². The lowest BCUT2D eigenvalue weighted by molar-refractivity contribution is -0.134. The lowest BCUT2D eigenvalue weighted by Crippen LogP contribution is -2.53. The third kappa shape index (κ3) is 2.74. The van der Waals surface area contributed by atoms with Gasteiger partial charge in [0.1, 0.15) is 5.75 Å². The first-order chi connectivity index (χ1) is 13.5. The Labute approximate surface area is 166 Å². The summed E-state index contributed by atoms with van der Waals surface area (Å²) in [4.78, 5) is 17.3. The number of hydrogen-bond donors (Lipinski definition) is 1. The highest BCUT2D eigenvalue weighted by molar-refractivity contribution is 5.78. The molecule has 1 fully saturated rings. The maximum atomic E-state index is 13.0. The number of carbonyl (C=O) groups is 1. The maximum absolute atomic E-state index is 13.0. The van der Waals surface area contributed by atoms with E-state index in [-0.39, 0.29) is 29.9 Å². The number of aromatic hydroxyl groups is 1. The molecule has 2 aromatic rings. The Morgan fingerprint density at radius 2 is 1.82 bits per heavy atom. The predicted molar refractivity (Wildman–Crippen MR) is 109 cm³/mol. The first-order valence-electron chi connectivity index (χ1n) is 9.98. The second-order valence-electron chi connectivity index (χ2n) is 7.96. The molecule has 0 saturated heterocycles. The van der Waals surface area contributed by atoms with Gasteiger partial charge in [-0.25, -0.2) is 0 Å². The second kappa shape index (κ2) is 7.08. The summed E-state index contributed by atoms with van der Waals surface area (Å²) in [6.45, 7) is 1.64. The molecule has 6 nitrogen and oxygen atoms in total. The monoisotopic (exact) mass is 383 g/mol. The van der Waals surface area contributed by atoms with Gasteiger partial charge < -0.3 is 24.2 Å². The number of rotatable bonds is 2. The number of fused-ring (bicyclic) bond motifs is 2. The third-order valence-corrected chi connectivity index (χ3v) is 6.44. The van der Waals surface area contributed by atoms with Gasteiger partial charge in [0.25, 0.3) is 0 Å². The molecule has 0 bridgehead atoms. The number of methoxy groups -OCH3 is 1. The lowest BCUT2D eigenvalue weighted by atomic mass is 9.87. The van der Waals surface area contributed by atoms with Gasteiger partial charge in [-0.2, -0.15) is 0 Å². The number of hydrogen-bond acceptors (Lipinski definition) is 4. The van der Waals surface area contributed by atoms with Crippen LogP contribution in [0.25, 0.3) is 0 Å². The molecule has 3 atom stereocenters. The minimum Gasteiger partial charge on any atom is -0.496 e. The fourth-order valence-electron chi connectivity index (χ4n) is 5.15. The van der Waals surface area contributed by atoms with Crippen LogP contribution in [0.4, 0.5) is 5.69 Å². The Hall–Kier alpha value is -2.63. The van der Waals surface area contributed by atoms with Crippen LogP contribution in [-0.2, 0) is 11.8 Å². The van der Waals surface area contributed by atoms with Gasteiger partial charge in [0.15, 0.2) is 5.88 Å². The SMILES string of the molecule is COc1ccccc1[C@@H]1c2c(cn(C)c2O)N(C)[C@@H]2CCCC[C@H]2N1C(C)=O. The highest BCUT2D eigenvalue weighted by Gasteiger charge is 2.45. The standard InChI is InChI=1S/C22H29N3O3/c1-14(26)25-17-11-7-6-10-16(17)24(3)18-13-23(2)22(27)20(18)21(25)15-9-5-8-12-19(15)28-4/h5,8-9,12-13,16-17,21,27H,6-7,10-11H2,1-4H3/t16-,17-,21-/m1/s1. The van der Waals surface area contributed by atoms with Crippen molar-refractivity contribution in [3.63, 3.8) is 0 Å². The summed E-state index contributed by atoms with van der Waals surface area (Å²) in [5.41, 5.74) is 2.67. The number of benzene rings is 1. The van der Waals surface area contributed by atoms with Crippen molar-refractivity contribution in [1.82, 2.24) is 9.47 Å². The Morgan fingerprint density at radius 3 is 2.50 bits per heavy atom. The molecule has 1 aliphatic carbocycles. The van der Waals surface area contributed by atoms with Crippen molar-refractivity contribution in [2.75, 3.05) is 19.1 Å². The first kappa shape index (κ1) is 18.7. The van der Waals surface area contributed by atoms with Gasteiger partial charge in [-0.1, -0.05) is 31.0 Å². The first-order valence-corrected chi connectivity index (χ1v) is 9.98. The van der Waals surface area contributed by atoms with Gasteiger partial charge in [0.2, 0.25) is 5.91 Å². The van der Waals surface area contributed by atoms with E-state index in [1.165, 1.54) is 0 Å². The summed E-state index contributed by atoms with van der Waals surface area (Å²) in [5.74, 6) is 0.949. The molecule has 2 aliphatic rings. The Balaban J connectivity index is 2.01. The van der Waals surface area contributed by atoms with Gasteiger partial charge in [0, 0.05) is 38.8 Å². The van der Waals surface area contributed by atoms with E-state index in [9.17, 15) is 9.90 Å². The van der Waals surface area contributed by atoms with E-state index >= 15 is 0 Å². The van der Waals surface area contributed by atoms with Crippen LogP contribution in [-0.4, -0.2) is 46.7 Å². The largest absolute Gasteiger partial charge is 0.496 e. The van der Waals surface area contributed by atoms with E-state index in [0.29, 0.717) is 0 Å². The molecule has 0 radical (unpaired) electrons. The fourth-order valence-corrected chi connectivity index (χ4v) is 5.15. The van der Waals surface area contributed by atoms with Crippen LogP contribution in [0.3, 0.4) is 0 Å². The van der Waals surface area contributed by atoms with Crippen LogP contribution in [0.15, 0.2) is 30.5 Å². The zero-order chi connectivity index (χ0) is 20.0. The molecule has 6 heteroatoms. The van der Waals surface area contributed by atoms with E-state index in [0.717, 1.165) is 48.2 Å². The Bertz CT molecular complexity index is 891. The molecule has 1 saturated carbocycles. The van der Waals surface area contributed by atoms with Crippen LogP contribution in [0.2, 0.25) is 0 Å². The smallest absolute Gasteiger partial charge is 0.220 e. The molecule has 1 N–H and O–H groups in total. The number of ether oxygens (including phenoxy) is 1. The van der Waals surface area contributed by atoms with Crippen molar-refractivity contribution in [3.8, 4) is 11.6 Å². The predicted octanol–water partition coefficient (Wildman–Crippen LogP) is 3.44. The highest BCUT2D eigenvalue weighted by Crippen LogP contribution is 2.49. The van der Waals surface area contributed by atoms with Gasteiger partial charge in [-0.15, -0.1) is 0 Å². The van der Waals surface area contributed by atoms with Gasteiger partial charge in [0.05, 0.1) is 30.4 Å². The second-order valence-corrected chi connectivity index (χ2v) is 7.96. The summed E-state index contributed by atoms with van der Waals surface area (Å²) in [7, 11) is 5.58. The highest BCUT2D eigenvalue weighted by atomic mass is 16.5. The van der Waals surface area contributed by atoms with E-state index in [2.05, 4.69) is 11.9 Å². The van der Waals surface area contributed by atoms with Crippen molar-refractivity contribution < 1.29 is 14.6 Å². The molecule has 1 amide bonds. The van der Waals surface area contributed by atoms with E-state index < -0.39 is 0 Å². The molecule has 0 spiro atoms. The fraction of sp³-hybridized carbons (Fsp3) is 0.500. The zero-order valence-corrected chi connectivity index (χ0v) is 17.1. The number of aryl methyl sites for hydroxylation is 1. The lowest BCUT2D eigenvalue weighted by Gasteiger charge is -2.44. The molecule has 4 rings (SSSR count). The third-order valence-electron chi connectivity index (χ3n) is 6.44. The van der Waals surface area contributed by atoms with Crippen molar-refractivity contribution in [1.29, 1.82) is 0 Å². The Morgan fingerprint density at radius 1 is 1.14 bits per heavy atom. The summed E-state index contributed by atoms with van der Waals surface area (Å²) < 4.78 is 7.39. The summed E-state index contributed by atoms with van der Waals surface area (Å²) >= 11 is 0. The Kier molecular flexibility index (Phi) is 4.73. The molecular formula is C22H29N3O3. The number of anilines is 1. The van der Waals surface area contributed by atoms with E-state index in [4.69, 9.17) is 4.74 Å². The molecule has 150 valence electrons. The quantitative estimate of drug-likeness (QED) is 0.863. The minimum atomic E-state index is -0.389. The number of nitrogens with zero attached hydrogens (tertiary/aromatic N) is 3. The molecule has 28 heavy (non-hydrogen) atoms. The van der Waals surface area contributed by atoms with Crippen LogP contribution in [0, 0.1) is 0 Å². The minimum absolute atomic E-state index is 0.0253. The molecule has 0 unspecified atom stereocenters. The van der Waals surface area contributed by atoms with Crippen LogP contribution >= 0.6 is 0 Å². The van der Waals surface area contributed by atoms with Gasteiger partial charge in [-0.05, 0) is 18.9 Å². The molecule has 1 aliphatic heterocycles. The zero-order valence-electron chi connectivity index (χ0n) is 17.1.